The topological polar surface area (TPSA) is 71.1 Å². The Labute approximate surface area is 198 Å². The number of halogens is 2. The maximum absolute atomic E-state index is 13.0. The van der Waals surface area contributed by atoms with Gasteiger partial charge in [-0.2, -0.15) is 0 Å². The number of benzene rings is 2. The minimum atomic E-state index is -0.345. The van der Waals surface area contributed by atoms with Gasteiger partial charge in [0.25, 0.3) is 0 Å². The molecule has 0 aromatic heterocycles. The summed E-state index contributed by atoms with van der Waals surface area (Å²) in [4.78, 5) is 28.5. The number of anilines is 1. The average molecular weight is 476 g/mol. The third-order valence-corrected chi connectivity index (χ3v) is 5.37. The van der Waals surface area contributed by atoms with E-state index >= 15 is 0 Å². The van der Waals surface area contributed by atoms with Crippen LogP contribution < -0.4 is 14.8 Å². The molecule has 7 nitrogen and oxygen atoms in total. The number of amides is 2. The van der Waals surface area contributed by atoms with Crippen molar-refractivity contribution in [2.75, 3.05) is 51.3 Å². The van der Waals surface area contributed by atoms with E-state index in [1.165, 1.54) is 24.3 Å². The number of hydrogen-bond acceptors (Lipinski definition) is 5. The summed E-state index contributed by atoms with van der Waals surface area (Å²) in [6, 6.07) is 11.3. The predicted octanol–water partition coefficient (Wildman–Crippen LogP) is 3.20. The van der Waals surface area contributed by atoms with Gasteiger partial charge >= 0.3 is 0 Å². The molecule has 0 bridgehead atoms. The quantitative estimate of drug-likeness (QED) is 0.672. The lowest BCUT2D eigenvalue weighted by Crippen LogP contribution is -2.50. The molecule has 9 heteroatoms. The molecule has 0 unspecified atom stereocenters. The Morgan fingerprint density at radius 2 is 1.67 bits per heavy atom. The summed E-state index contributed by atoms with van der Waals surface area (Å²) >= 11 is 0. The van der Waals surface area contributed by atoms with E-state index < -0.39 is 0 Å². The SMILES string of the molecule is Cl.O=C(CN1CCN(C(=O)C=Cc2ccc3c(c2)OCCCO3)CC1)Nc1ccc(F)cc1. The van der Waals surface area contributed by atoms with Gasteiger partial charge < -0.3 is 19.7 Å². The summed E-state index contributed by atoms with van der Waals surface area (Å²) in [6.45, 7) is 3.81. The highest BCUT2D eigenvalue weighted by Crippen LogP contribution is 2.30. The van der Waals surface area contributed by atoms with E-state index in [4.69, 9.17) is 9.47 Å². The number of nitrogens with zero attached hydrogens (tertiary/aromatic N) is 2. The normalized spacial score (nSPS) is 16.1. The lowest BCUT2D eigenvalue weighted by atomic mass is 10.2. The Balaban J connectivity index is 0.00000306. The van der Waals surface area contributed by atoms with Crippen LogP contribution in [0.2, 0.25) is 0 Å². The first kappa shape index (κ1) is 24.5. The molecule has 4 rings (SSSR count). The Morgan fingerprint density at radius 3 is 2.39 bits per heavy atom. The van der Waals surface area contributed by atoms with Crippen molar-refractivity contribution in [2.45, 2.75) is 6.42 Å². The number of piperazine rings is 1. The Kier molecular flexibility index (Phi) is 8.68. The van der Waals surface area contributed by atoms with Crippen LogP contribution in [0, 0.1) is 5.82 Å². The lowest BCUT2D eigenvalue weighted by molar-refractivity contribution is -0.127. The molecule has 2 amide bonds. The van der Waals surface area contributed by atoms with E-state index in [1.54, 1.807) is 17.1 Å². The maximum atomic E-state index is 13.0. The van der Waals surface area contributed by atoms with Gasteiger partial charge in [-0.3, -0.25) is 14.5 Å². The second-order valence-corrected chi connectivity index (χ2v) is 7.75. The minimum absolute atomic E-state index is 0. The molecule has 1 fully saturated rings. The number of ether oxygens (including phenoxy) is 2. The number of nitrogens with one attached hydrogen (secondary N) is 1. The Hall–Kier alpha value is -3.10. The van der Waals surface area contributed by atoms with E-state index in [-0.39, 0.29) is 36.6 Å². The van der Waals surface area contributed by atoms with E-state index in [0.717, 1.165) is 17.7 Å². The fourth-order valence-electron chi connectivity index (χ4n) is 3.62. The highest BCUT2D eigenvalue weighted by atomic mass is 35.5. The van der Waals surface area contributed by atoms with Gasteiger partial charge in [0.2, 0.25) is 11.8 Å². The molecule has 1 N–H and O–H groups in total. The van der Waals surface area contributed by atoms with Crippen molar-refractivity contribution in [1.29, 1.82) is 0 Å². The molecule has 1 saturated heterocycles. The zero-order chi connectivity index (χ0) is 22.3. The molecule has 33 heavy (non-hydrogen) atoms. The van der Waals surface area contributed by atoms with Gasteiger partial charge in [0.15, 0.2) is 11.5 Å². The van der Waals surface area contributed by atoms with E-state index in [0.29, 0.717) is 50.8 Å². The van der Waals surface area contributed by atoms with Gasteiger partial charge in [-0.25, -0.2) is 4.39 Å². The van der Waals surface area contributed by atoms with Gasteiger partial charge in [-0.05, 0) is 48.0 Å². The summed E-state index contributed by atoms with van der Waals surface area (Å²) in [7, 11) is 0. The fourth-order valence-corrected chi connectivity index (χ4v) is 3.62. The highest BCUT2D eigenvalue weighted by molar-refractivity contribution is 5.93. The molecule has 0 aliphatic carbocycles. The summed E-state index contributed by atoms with van der Waals surface area (Å²) in [5, 5.41) is 2.76. The van der Waals surface area contributed by atoms with Gasteiger partial charge in [-0.15, -0.1) is 12.4 Å². The maximum Gasteiger partial charge on any atom is 0.246 e. The van der Waals surface area contributed by atoms with Gasteiger partial charge in [0.05, 0.1) is 19.8 Å². The van der Waals surface area contributed by atoms with Crippen LogP contribution in [-0.4, -0.2) is 67.6 Å². The molecular formula is C24H27ClFN3O4. The van der Waals surface area contributed by atoms with Crippen molar-refractivity contribution < 1.29 is 23.5 Å². The van der Waals surface area contributed by atoms with Crippen LogP contribution in [0.25, 0.3) is 6.08 Å². The second kappa shape index (κ2) is 11.7. The van der Waals surface area contributed by atoms with Gasteiger partial charge in [0.1, 0.15) is 5.82 Å². The molecule has 0 saturated carbocycles. The first-order valence-electron chi connectivity index (χ1n) is 10.7. The molecule has 176 valence electrons. The number of carbonyl (C=O) groups excluding carboxylic acids is 2. The smallest absolute Gasteiger partial charge is 0.246 e. The highest BCUT2D eigenvalue weighted by Gasteiger charge is 2.21. The van der Waals surface area contributed by atoms with Crippen LogP contribution >= 0.6 is 12.4 Å². The fraction of sp³-hybridized carbons (Fsp3) is 0.333. The third-order valence-electron chi connectivity index (χ3n) is 5.37. The first-order chi connectivity index (χ1) is 15.6. The summed E-state index contributed by atoms with van der Waals surface area (Å²) in [6.07, 6.45) is 4.19. The van der Waals surface area contributed by atoms with Crippen LogP contribution in [0.5, 0.6) is 11.5 Å². The third kappa shape index (κ3) is 6.94. The van der Waals surface area contributed by atoms with Crippen molar-refractivity contribution in [3.63, 3.8) is 0 Å². The summed E-state index contributed by atoms with van der Waals surface area (Å²) in [5.74, 6) is 0.857. The number of hydrogen-bond donors (Lipinski definition) is 1. The lowest BCUT2D eigenvalue weighted by Gasteiger charge is -2.33. The zero-order valence-corrected chi connectivity index (χ0v) is 19.0. The summed E-state index contributed by atoms with van der Waals surface area (Å²) in [5.41, 5.74) is 1.43. The molecule has 0 atom stereocenters. The molecule has 2 aliphatic rings. The minimum Gasteiger partial charge on any atom is -0.490 e. The van der Waals surface area contributed by atoms with Crippen LogP contribution in [0.4, 0.5) is 10.1 Å². The molecule has 2 aliphatic heterocycles. The van der Waals surface area contributed by atoms with E-state index in [9.17, 15) is 14.0 Å². The van der Waals surface area contributed by atoms with Crippen molar-refractivity contribution >= 4 is 36.0 Å². The number of carbonyl (C=O) groups is 2. The van der Waals surface area contributed by atoms with Crippen LogP contribution in [0.3, 0.4) is 0 Å². The molecule has 0 spiro atoms. The van der Waals surface area contributed by atoms with Gasteiger partial charge in [0, 0.05) is 44.4 Å². The van der Waals surface area contributed by atoms with E-state index in [2.05, 4.69) is 5.32 Å². The van der Waals surface area contributed by atoms with Crippen molar-refractivity contribution in [2.24, 2.45) is 0 Å². The standard InChI is InChI=1S/C24H26FN3O4.ClH/c25-19-4-6-20(7-5-19)26-23(29)17-27-10-12-28(13-11-27)24(30)9-3-18-2-8-21-22(16-18)32-15-1-14-31-21;/h2-9,16H,1,10-15,17H2,(H,26,29);1H. The van der Waals surface area contributed by atoms with Gasteiger partial charge in [-0.1, -0.05) is 6.07 Å². The van der Waals surface area contributed by atoms with Crippen LogP contribution in [0.1, 0.15) is 12.0 Å². The Bertz CT molecular complexity index is 992. The first-order valence-corrected chi connectivity index (χ1v) is 10.7. The molecule has 2 aromatic rings. The molecule has 2 heterocycles. The zero-order valence-electron chi connectivity index (χ0n) is 18.2. The Morgan fingerprint density at radius 1 is 0.970 bits per heavy atom. The molecular weight excluding hydrogens is 449 g/mol. The van der Waals surface area contributed by atoms with Crippen LogP contribution in [0.15, 0.2) is 48.5 Å². The number of fused-ring (bicyclic) bond motifs is 1. The molecule has 2 aromatic carbocycles. The van der Waals surface area contributed by atoms with Crippen LogP contribution in [-0.2, 0) is 9.59 Å². The molecule has 0 radical (unpaired) electrons. The van der Waals surface area contributed by atoms with Crippen molar-refractivity contribution in [3.8, 4) is 11.5 Å². The average Bonchev–Trinajstić information content (AvgIpc) is 3.04. The summed E-state index contributed by atoms with van der Waals surface area (Å²) < 4.78 is 24.3. The van der Waals surface area contributed by atoms with E-state index in [1.807, 2.05) is 23.1 Å². The second-order valence-electron chi connectivity index (χ2n) is 7.75. The van der Waals surface area contributed by atoms with Crippen molar-refractivity contribution in [3.05, 3.63) is 59.9 Å². The number of rotatable bonds is 5. The largest absolute Gasteiger partial charge is 0.490 e. The van der Waals surface area contributed by atoms with Crippen molar-refractivity contribution in [1.82, 2.24) is 9.80 Å². The predicted molar refractivity (Wildman–Crippen MR) is 126 cm³/mol. The monoisotopic (exact) mass is 475 g/mol.